The number of aromatic carboxylic acids is 1. The average Bonchev–Trinajstić information content (AvgIpc) is 2.91. The van der Waals surface area contributed by atoms with Crippen LogP contribution in [-0.2, 0) is 14.3 Å². The maximum atomic E-state index is 12.7. The minimum absolute atomic E-state index is 0.0757. The van der Waals surface area contributed by atoms with Crippen LogP contribution in [0.2, 0.25) is 0 Å². The van der Waals surface area contributed by atoms with Gasteiger partial charge in [0, 0.05) is 5.69 Å². The fraction of sp³-hybridized carbons (Fsp3) is 0.0526. The number of benzene rings is 2. The summed E-state index contributed by atoms with van der Waals surface area (Å²) in [5.41, 5.74) is 0.834. The molecule has 1 heterocycles. The quantitative estimate of drug-likeness (QED) is 0.585. The molecule has 2 aromatic rings. The van der Waals surface area contributed by atoms with Crippen molar-refractivity contribution in [3.8, 4) is 0 Å². The number of imide groups is 1. The first kappa shape index (κ1) is 19.1. The molecule has 142 valence electrons. The molecule has 0 aromatic heterocycles. The van der Waals surface area contributed by atoms with Gasteiger partial charge in [-0.2, -0.15) is 0 Å². The van der Waals surface area contributed by atoms with E-state index in [1.165, 1.54) is 55.6 Å². The Kier molecular flexibility index (Phi) is 5.14. The lowest BCUT2D eigenvalue weighted by molar-refractivity contribution is -0.120. The van der Waals surface area contributed by atoms with Crippen molar-refractivity contribution < 1.29 is 29.0 Å². The van der Waals surface area contributed by atoms with E-state index < -0.39 is 23.8 Å². The molecule has 9 heteroatoms. The number of hydrogen-bond donors (Lipinski definition) is 2. The number of esters is 1. The molecule has 8 nitrogen and oxygen atoms in total. The van der Waals surface area contributed by atoms with E-state index in [0.29, 0.717) is 5.69 Å². The molecule has 3 rings (SSSR count). The van der Waals surface area contributed by atoms with E-state index in [-0.39, 0.29) is 27.5 Å². The number of halogens is 1. The van der Waals surface area contributed by atoms with E-state index in [1.807, 2.05) is 0 Å². The molecule has 2 aromatic carbocycles. The number of carbonyl (C=O) groups is 4. The fourth-order valence-corrected chi connectivity index (χ4v) is 2.76. The van der Waals surface area contributed by atoms with Crippen LogP contribution in [0, 0.1) is 0 Å². The number of hydrogen-bond acceptors (Lipinski definition) is 6. The van der Waals surface area contributed by atoms with Crippen LogP contribution in [-0.4, -0.2) is 36.0 Å². The van der Waals surface area contributed by atoms with Crippen molar-refractivity contribution in [2.45, 2.75) is 0 Å². The largest absolute Gasteiger partial charge is 0.478 e. The number of carbonyl (C=O) groups excluding carboxylic acids is 3. The van der Waals surface area contributed by atoms with Crippen molar-refractivity contribution in [1.29, 1.82) is 0 Å². The van der Waals surface area contributed by atoms with Gasteiger partial charge in [0.1, 0.15) is 10.7 Å². The smallest absolute Gasteiger partial charge is 0.337 e. The number of carboxylic acid groups (broad SMARTS) is 1. The van der Waals surface area contributed by atoms with Crippen molar-refractivity contribution >= 4 is 46.7 Å². The van der Waals surface area contributed by atoms with Crippen LogP contribution in [0.5, 0.6) is 0 Å². The first-order valence-electron chi connectivity index (χ1n) is 7.91. The Morgan fingerprint density at radius 2 is 1.54 bits per heavy atom. The number of ether oxygens (including phenoxy) is 1. The van der Waals surface area contributed by atoms with Gasteiger partial charge in [0.25, 0.3) is 11.8 Å². The number of methoxy groups -OCH3 is 1. The number of anilines is 2. The molecule has 0 fully saturated rings. The van der Waals surface area contributed by atoms with Gasteiger partial charge in [0.2, 0.25) is 0 Å². The third-order valence-corrected chi connectivity index (χ3v) is 4.33. The van der Waals surface area contributed by atoms with Gasteiger partial charge < -0.3 is 15.2 Å². The predicted octanol–water partition coefficient (Wildman–Crippen LogP) is 2.61. The van der Waals surface area contributed by atoms with Crippen molar-refractivity contribution in [3.63, 3.8) is 0 Å². The molecule has 1 aliphatic rings. The van der Waals surface area contributed by atoms with E-state index in [9.17, 15) is 19.2 Å². The summed E-state index contributed by atoms with van der Waals surface area (Å²) in [7, 11) is 1.24. The third-order valence-electron chi connectivity index (χ3n) is 3.98. The minimum Gasteiger partial charge on any atom is -0.478 e. The van der Waals surface area contributed by atoms with Crippen LogP contribution in [0.1, 0.15) is 20.7 Å². The molecule has 0 atom stereocenters. The first-order valence-corrected chi connectivity index (χ1v) is 8.28. The molecule has 0 unspecified atom stereocenters. The topological polar surface area (TPSA) is 113 Å². The van der Waals surface area contributed by atoms with Crippen molar-refractivity contribution in [2.24, 2.45) is 0 Å². The number of rotatable bonds is 5. The highest BCUT2D eigenvalue weighted by atomic mass is 35.5. The summed E-state index contributed by atoms with van der Waals surface area (Å²) in [4.78, 5) is 48.4. The van der Waals surface area contributed by atoms with Gasteiger partial charge in [-0.15, -0.1) is 0 Å². The maximum absolute atomic E-state index is 12.7. The Morgan fingerprint density at radius 3 is 2.07 bits per heavy atom. The summed E-state index contributed by atoms with van der Waals surface area (Å²) in [5, 5.41) is 11.4. The van der Waals surface area contributed by atoms with Gasteiger partial charge in [-0.25, -0.2) is 14.5 Å². The molecule has 0 saturated carbocycles. The van der Waals surface area contributed by atoms with Crippen LogP contribution < -0.4 is 10.2 Å². The molecule has 2 N–H and O–H groups in total. The van der Waals surface area contributed by atoms with Crippen molar-refractivity contribution in [3.05, 3.63) is 70.4 Å². The Balaban J connectivity index is 1.83. The zero-order chi connectivity index (χ0) is 20.4. The first-order chi connectivity index (χ1) is 13.3. The van der Waals surface area contributed by atoms with Gasteiger partial charge in [0.15, 0.2) is 0 Å². The monoisotopic (exact) mass is 400 g/mol. The predicted molar refractivity (Wildman–Crippen MR) is 100 cm³/mol. The second-order valence-corrected chi connectivity index (χ2v) is 6.06. The molecule has 0 aliphatic carbocycles. The van der Waals surface area contributed by atoms with E-state index in [0.717, 1.165) is 4.90 Å². The Morgan fingerprint density at radius 1 is 0.964 bits per heavy atom. The minimum atomic E-state index is -1.09. The van der Waals surface area contributed by atoms with E-state index >= 15 is 0 Å². The van der Waals surface area contributed by atoms with Crippen LogP contribution in [0.4, 0.5) is 11.4 Å². The van der Waals surface area contributed by atoms with E-state index in [2.05, 4.69) is 10.1 Å². The Hall–Kier alpha value is -3.65. The number of carboxylic acids is 1. The van der Waals surface area contributed by atoms with E-state index in [4.69, 9.17) is 16.7 Å². The molecule has 0 spiro atoms. The zero-order valence-corrected chi connectivity index (χ0v) is 15.2. The maximum Gasteiger partial charge on any atom is 0.337 e. The van der Waals surface area contributed by atoms with Crippen molar-refractivity contribution in [1.82, 2.24) is 0 Å². The molecule has 0 bridgehead atoms. The van der Waals surface area contributed by atoms with Gasteiger partial charge in [-0.05, 0) is 48.5 Å². The van der Waals surface area contributed by atoms with Gasteiger partial charge in [0.05, 0.1) is 23.9 Å². The Labute approximate surface area is 164 Å². The summed E-state index contributed by atoms with van der Waals surface area (Å²) < 4.78 is 4.61. The van der Waals surface area contributed by atoms with E-state index in [1.54, 1.807) is 0 Å². The summed E-state index contributed by atoms with van der Waals surface area (Å²) in [6, 6.07) is 11.3. The summed E-state index contributed by atoms with van der Waals surface area (Å²) in [6.07, 6.45) is 0. The van der Waals surface area contributed by atoms with Crippen LogP contribution in [0.3, 0.4) is 0 Å². The molecule has 28 heavy (non-hydrogen) atoms. The highest BCUT2D eigenvalue weighted by molar-refractivity contribution is 6.53. The lowest BCUT2D eigenvalue weighted by atomic mass is 10.2. The van der Waals surface area contributed by atoms with Crippen LogP contribution in [0.15, 0.2) is 59.3 Å². The summed E-state index contributed by atoms with van der Waals surface area (Å²) in [5.74, 6) is -3.03. The lowest BCUT2D eigenvalue weighted by Gasteiger charge is -2.15. The normalized spacial score (nSPS) is 13.7. The average molecular weight is 401 g/mol. The number of nitrogens with one attached hydrogen (secondary N) is 1. The highest BCUT2D eigenvalue weighted by Gasteiger charge is 2.39. The fourth-order valence-electron chi connectivity index (χ4n) is 2.55. The summed E-state index contributed by atoms with van der Waals surface area (Å²) in [6.45, 7) is 0. The molecule has 0 saturated heterocycles. The highest BCUT2D eigenvalue weighted by Crippen LogP contribution is 2.30. The van der Waals surface area contributed by atoms with Gasteiger partial charge in [-0.3, -0.25) is 9.59 Å². The zero-order valence-electron chi connectivity index (χ0n) is 14.4. The number of nitrogens with zero attached hydrogens (tertiary/aromatic N) is 1. The standard InChI is InChI=1S/C19H13ClN2O6/c1-28-19(27)11-4-8-13(9-5-11)22-16(23)14(20)15(17(22)24)21-12-6-2-10(3-7-12)18(25)26/h2-9,21H,1H3,(H,25,26). The van der Waals surface area contributed by atoms with Gasteiger partial charge >= 0.3 is 11.9 Å². The van der Waals surface area contributed by atoms with Gasteiger partial charge in [-0.1, -0.05) is 11.6 Å². The molecule has 2 amide bonds. The molecular formula is C19H13ClN2O6. The van der Waals surface area contributed by atoms with Crippen LogP contribution >= 0.6 is 11.6 Å². The number of amides is 2. The SMILES string of the molecule is COC(=O)c1ccc(N2C(=O)C(Cl)=C(Nc3ccc(C(=O)O)cc3)C2=O)cc1. The second-order valence-electron chi connectivity index (χ2n) is 5.68. The summed E-state index contributed by atoms with van der Waals surface area (Å²) >= 11 is 6.04. The molecular weight excluding hydrogens is 388 g/mol. The Bertz CT molecular complexity index is 1010. The van der Waals surface area contributed by atoms with Crippen molar-refractivity contribution in [2.75, 3.05) is 17.3 Å². The molecule has 0 radical (unpaired) electrons. The third kappa shape index (κ3) is 3.45. The van der Waals surface area contributed by atoms with Crippen LogP contribution in [0.25, 0.3) is 0 Å². The lowest BCUT2D eigenvalue weighted by Crippen LogP contribution is -2.32. The second kappa shape index (κ2) is 7.53. The molecule has 1 aliphatic heterocycles.